The summed E-state index contributed by atoms with van der Waals surface area (Å²) in [6, 6.07) is 6.41. The molecule has 2 unspecified atom stereocenters. The molecule has 4 aromatic rings. The van der Waals surface area contributed by atoms with Crippen molar-refractivity contribution in [1.82, 2.24) is 30.0 Å². The van der Waals surface area contributed by atoms with Crippen LogP contribution in [0.15, 0.2) is 60.7 Å². The summed E-state index contributed by atoms with van der Waals surface area (Å²) in [5.41, 5.74) is 8.08. The van der Waals surface area contributed by atoms with Gasteiger partial charge in [0, 0.05) is 30.1 Å². The van der Waals surface area contributed by atoms with E-state index >= 15 is 0 Å². The van der Waals surface area contributed by atoms with Crippen molar-refractivity contribution in [1.29, 1.82) is 0 Å². The van der Waals surface area contributed by atoms with E-state index in [1.54, 1.807) is 50.8 Å². The average molecular weight is 768 g/mol. The number of halogens is 4. The lowest BCUT2D eigenvalue weighted by molar-refractivity contribution is -0.131. The van der Waals surface area contributed by atoms with Crippen LogP contribution in [0, 0.1) is 6.92 Å². The van der Waals surface area contributed by atoms with Crippen molar-refractivity contribution >= 4 is 34.5 Å². The number of anilines is 1. The first kappa shape index (κ1) is 38.8. The zero-order valence-corrected chi connectivity index (χ0v) is 30.6. The van der Waals surface area contributed by atoms with E-state index in [0.717, 1.165) is 6.08 Å². The standard InChI is InChI=1S/C38H41F4N7O6/c1-20-12-32(54-35-25(39)6-5-7-26(35)40)44-17-29(20)49-36(43)24(16-46-49)34(51)28-13-22-14-30(53-19-31(41)42)23(15-27(22)47-28)21-8-10-48(11-9-21)33(50)18-45-37(52)55-38(2,3)4/h5-7,12-17,21,25,31,35,47H,8-11,18-19,43H2,1-4H3,(H,45,52). The Kier molecular flexibility index (Phi) is 11.2. The predicted octanol–water partition coefficient (Wildman–Crippen LogP) is 6.25. The number of benzene rings is 1. The molecule has 55 heavy (non-hydrogen) atoms. The van der Waals surface area contributed by atoms with Crippen LogP contribution in [0.4, 0.5) is 28.2 Å². The molecule has 1 aromatic carbocycles. The number of nitrogens with zero attached hydrogens (tertiary/aromatic N) is 4. The number of H-pyrrole nitrogens is 1. The molecule has 17 heteroatoms. The van der Waals surface area contributed by atoms with Gasteiger partial charge in [-0.3, -0.25) is 9.59 Å². The molecule has 6 rings (SSSR count). The van der Waals surface area contributed by atoms with Crippen LogP contribution in [0.25, 0.3) is 16.6 Å². The number of pyridine rings is 1. The van der Waals surface area contributed by atoms with E-state index in [0.29, 0.717) is 53.6 Å². The number of aromatic amines is 1. The van der Waals surface area contributed by atoms with E-state index in [9.17, 15) is 31.9 Å². The van der Waals surface area contributed by atoms with Gasteiger partial charge in [0.25, 0.3) is 6.43 Å². The lowest BCUT2D eigenvalue weighted by Gasteiger charge is -2.33. The second kappa shape index (κ2) is 15.8. The molecular formula is C38H41F4N7O6. The van der Waals surface area contributed by atoms with Gasteiger partial charge in [-0.25, -0.2) is 32.0 Å². The summed E-state index contributed by atoms with van der Waals surface area (Å²) >= 11 is 0. The van der Waals surface area contributed by atoms with Gasteiger partial charge in [-0.1, -0.05) is 6.08 Å². The number of alkyl carbamates (subject to hydrolysis) is 1. The molecule has 1 aliphatic carbocycles. The van der Waals surface area contributed by atoms with Gasteiger partial charge in [-0.05, 0) is 87.9 Å². The van der Waals surface area contributed by atoms with Crippen molar-refractivity contribution in [2.45, 2.75) is 70.8 Å². The molecule has 1 saturated heterocycles. The smallest absolute Gasteiger partial charge is 0.408 e. The highest BCUT2D eigenvalue weighted by Crippen LogP contribution is 2.38. The summed E-state index contributed by atoms with van der Waals surface area (Å²) in [5.74, 6) is -1.47. The first-order chi connectivity index (χ1) is 26.1. The minimum atomic E-state index is -2.72. The lowest BCUT2D eigenvalue weighted by Crippen LogP contribution is -2.44. The van der Waals surface area contributed by atoms with Crippen LogP contribution < -0.4 is 20.5 Å². The Morgan fingerprint density at radius 1 is 1.11 bits per heavy atom. The second-order valence-corrected chi connectivity index (χ2v) is 14.3. The molecule has 0 saturated carbocycles. The van der Waals surface area contributed by atoms with Gasteiger partial charge in [0.1, 0.15) is 36.1 Å². The number of carbonyl (C=O) groups is 3. The van der Waals surface area contributed by atoms with E-state index in [2.05, 4.69) is 20.4 Å². The number of amides is 2. The molecule has 3 aromatic heterocycles. The number of nitrogens with one attached hydrogen (secondary N) is 2. The Morgan fingerprint density at radius 2 is 1.85 bits per heavy atom. The number of nitrogens with two attached hydrogens (primary N) is 1. The number of likely N-dealkylation sites (tertiary alicyclic amines) is 1. The third-order valence-corrected chi connectivity index (χ3v) is 9.13. The van der Waals surface area contributed by atoms with Gasteiger partial charge >= 0.3 is 6.09 Å². The molecule has 2 aliphatic rings. The van der Waals surface area contributed by atoms with Crippen molar-refractivity contribution in [3.8, 4) is 17.3 Å². The maximum atomic E-state index is 14.2. The van der Waals surface area contributed by atoms with Gasteiger partial charge in [0.15, 0.2) is 12.3 Å². The number of alkyl halides is 3. The number of hydrogen-bond acceptors (Lipinski definition) is 9. The Bertz CT molecular complexity index is 2150. The molecule has 2 atom stereocenters. The van der Waals surface area contributed by atoms with Crippen LogP contribution in [0.2, 0.25) is 0 Å². The van der Waals surface area contributed by atoms with Crippen LogP contribution in [-0.2, 0) is 9.53 Å². The van der Waals surface area contributed by atoms with Crippen LogP contribution in [0.5, 0.6) is 11.6 Å². The normalized spacial score (nSPS) is 17.7. The highest BCUT2D eigenvalue weighted by molar-refractivity contribution is 6.12. The number of allylic oxidation sites excluding steroid dienone is 2. The van der Waals surface area contributed by atoms with E-state index in [1.807, 2.05) is 0 Å². The molecule has 0 bridgehead atoms. The fraction of sp³-hybridized carbons (Fsp3) is 0.395. The first-order valence-electron chi connectivity index (χ1n) is 17.6. The largest absolute Gasteiger partial charge is 0.487 e. The number of carbonyl (C=O) groups excluding carboxylic acids is 3. The average Bonchev–Trinajstić information content (AvgIpc) is 3.73. The fourth-order valence-electron chi connectivity index (χ4n) is 6.44. The molecule has 4 N–H and O–H groups in total. The molecule has 13 nitrogen and oxygen atoms in total. The number of ketones is 1. The number of fused-ring (bicyclic) bond motifs is 1. The van der Waals surface area contributed by atoms with Crippen LogP contribution in [0.1, 0.15) is 66.7 Å². The number of nitrogen functional groups attached to an aromatic ring is 1. The molecule has 2 amide bonds. The quantitative estimate of drug-likeness (QED) is 0.118. The summed E-state index contributed by atoms with van der Waals surface area (Å²) in [7, 11) is 0. The summed E-state index contributed by atoms with van der Waals surface area (Å²) in [5, 5.41) is 7.30. The van der Waals surface area contributed by atoms with Crippen molar-refractivity contribution < 1.29 is 46.2 Å². The molecular weight excluding hydrogens is 726 g/mol. The topological polar surface area (TPSA) is 167 Å². The van der Waals surface area contributed by atoms with Crippen LogP contribution in [0.3, 0.4) is 0 Å². The predicted molar refractivity (Wildman–Crippen MR) is 194 cm³/mol. The first-order valence-corrected chi connectivity index (χ1v) is 17.6. The lowest BCUT2D eigenvalue weighted by atomic mass is 9.88. The maximum absolute atomic E-state index is 14.2. The van der Waals surface area contributed by atoms with E-state index in [-0.39, 0.29) is 47.1 Å². The SMILES string of the molecule is Cc1cc(OC2C(F)=CC=CC2F)ncc1-n1ncc(C(=O)c2cc3cc(OCC(F)F)c(C4CCN(C(=O)CNC(=O)OC(C)(C)C)CC4)cc3[nH]2)c1N. The minimum absolute atomic E-state index is 0.00156. The van der Waals surface area contributed by atoms with Crippen molar-refractivity contribution in [2.75, 3.05) is 32.0 Å². The second-order valence-electron chi connectivity index (χ2n) is 14.3. The molecule has 292 valence electrons. The fourth-order valence-corrected chi connectivity index (χ4v) is 6.44. The van der Waals surface area contributed by atoms with Gasteiger partial charge in [0.2, 0.25) is 17.6 Å². The summed E-state index contributed by atoms with van der Waals surface area (Å²) < 4.78 is 72.4. The van der Waals surface area contributed by atoms with Crippen molar-refractivity contribution in [2.24, 2.45) is 0 Å². The molecule has 0 radical (unpaired) electrons. The van der Waals surface area contributed by atoms with E-state index < -0.39 is 48.6 Å². The van der Waals surface area contributed by atoms with Gasteiger partial charge < -0.3 is 35.1 Å². The Labute approximate surface area is 313 Å². The Hall–Kier alpha value is -5.87. The molecule has 1 fully saturated rings. The summed E-state index contributed by atoms with van der Waals surface area (Å²) in [6.45, 7) is 6.52. The minimum Gasteiger partial charge on any atom is -0.487 e. The highest BCUT2D eigenvalue weighted by Gasteiger charge is 2.30. The van der Waals surface area contributed by atoms with Gasteiger partial charge in [-0.15, -0.1) is 0 Å². The third-order valence-electron chi connectivity index (χ3n) is 9.13. The van der Waals surface area contributed by atoms with E-state index in [1.165, 1.54) is 35.3 Å². The molecule has 0 spiro atoms. The number of piperidine rings is 1. The van der Waals surface area contributed by atoms with Crippen molar-refractivity contribution in [3.63, 3.8) is 0 Å². The molecule has 4 heterocycles. The number of rotatable bonds is 11. The summed E-state index contributed by atoms with van der Waals surface area (Å²) in [4.78, 5) is 47.5. The van der Waals surface area contributed by atoms with Gasteiger partial charge in [0.05, 0.1) is 29.3 Å². The van der Waals surface area contributed by atoms with Gasteiger partial charge in [-0.2, -0.15) is 5.10 Å². The Balaban J connectivity index is 1.17. The van der Waals surface area contributed by atoms with Crippen molar-refractivity contribution in [3.05, 3.63) is 83.1 Å². The number of ether oxygens (including phenoxy) is 3. The van der Waals surface area contributed by atoms with Crippen LogP contribution >= 0.6 is 0 Å². The zero-order chi connectivity index (χ0) is 39.6. The third kappa shape index (κ3) is 8.92. The van der Waals surface area contributed by atoms with E-state index in [4.69, 9.17) is 19.9 Å². The maximum Gasteiger partial charge on any atom is 0.408 e. The monoisotopic (exact) mass is 767 g/mol. The number of aromatic nitrogens is 4. The summed E-state index contributed by atoms with van der Waals surface area (Å²) in [6.07, 6.45) is 0.659. The highest BCUT2D eigenvalue weighted by atomic mass is 19.3. The Morgan fingerprint density at radius 3 is 2.53 bits per heavy atom. The molecule has 1 aliphatic heterocycles. The number of hydrogen-bond donors (Lipinski definition) is 3. The number of aryl methyl sites for hydroxylation is 1. The van der Waals surface area contributed by atoms with Crippen LogP contribution in [-0.4, -0.2) is 93.0 Å². The zero-order valence-electron chi connectivity index (χ0n) is 30.6.